The number of hydrogen-bond donors (Lipinski definition) is 1. The van der Waals surface area contributed by atoms with Crippen molar-refractivity contribution in [3.8, 4) is 0 Å². The number of rotatable bonds is 4. The van der Waals surface area contributed by atoms with E-state index in [4.69, 9.17) is 11.6 Å². The van der Waals surface area contributed by atoms with E-state index in [0.717, 1.165) is 41.6 Å². The van der Waals surface area contributed by atoms with E-state index in [1.54, 1.807) is 0 Å². The van der Waals surface area contributed by atoms with E-state index in [-0.39, 0.29) is 24.8 Å². The molecule has 1 aromatic carbocycles. The van der Waals surface area contributed by atoms with E-state index in [9.17, 15) is 0 Å². The van der Waals surface area contributed by atoms with Crippen molar-refractivity contribution in [2.24, 2.45) is 5.92 Å². The minimum Gasteiger partial charge on any atom is -0.314 e. The molecule has 3 rings (SSSR count). The van der Waals surface area contributed by atoms with E-state index in [0.29, 0.717) is 6.04 Å². The zero-order chi connectivity index (χ0) is 13.2. The summed E-state index contributed by atoms with van der Waals surface area (Å²) >= 11 is 9.77. The van der Waals surface area contributed by atoms with Crippen LogP contribution in [0.2, 0.25) is 5.02 Å². The Labute approximate surface area is 152 Å². The summed E-state index contributed by atoms with van der Waals surface area (Å²) < 4.78 is 1.16. The van der Waals surface area contributed by atoms with E-state index < -0.39 is 0 Å². The van der Waals surface area contributed by atoms with Gasteiger partial charge in [0.25, 0.3) is 0 Å². The van der Waals surface area contributed by atoms with E-state index >= 15 is 0 Å². The molecule has 0 aromatic heterocycles. The average Bonchev–Trinajstić information content (AvgIpc) is 3.22. The van der Waals surface area contributed by atoms with Crippen LogP contribution in [0.1, 0.15) is 30.9 Å². The van der Waals surface area contributed by atoms with Crippen LogP contribution in [0.25, 0.3) is 0 Å². The molecule has 6 heteroatoms. The van der Waals surface area contributed by atoms with E-state index in [1.807, 2.05) is 12.1 Å². The van der Waals surface area contributed by atoms with Crippen LogP contribution in [0, 0.1) is 5.92 Å². The van der Waals surface area contributed by atoms with Crippen LogP contribution < -0.4 is 5.32 Å². The van der Waals surface area contributed by atoms with Crippen LogP contribution in [0.15, 0.2) is 22.7 Å². The highest BCUT2D eigenvalue weighted by Crippen LogP contribution is 2.42. The summed E-state index contributed by atoms with van der Waals surface area (Å²) in [5.41, 5.74) is 1.40. The Morgan fingerprint density at radius 1 is 1.24 bits per heavy atom. The van der Waals surface area contributed by atoms with Gasteiger partial charge in [-0.1, -0.05) is 46.4 Å². The molecule has 0 amide bonds. The van der Waals surface area contributed by atoms with Crippen LogP contribution >= 0.6 is 52.3 Å². The van der Waals surface area contributed by atoms with Crippen molar-refractivity contribution < 1.29 is 0 Å². The molecule has 0 spiro atoms. The second kappa shape index (κ2) is 8.95. The number of benzene rings is 1. The van der Waals surface area contributed by atoms with Gasteiger partial charge in [-0.05, 0) is 30.0 Å². The Kier molecular flexibility index (Phi) is 8.33. The Hall–Kier alpha value is 0.490. The van der Waals surface area contributed by atoms with Crippen molar-refractivity contribution in [3.05, 3.63) is 33.3 Å². The summed E-state index contributed by atoms with van der Waals surface area (Å²) in [6.45, 7) is 4.50. The van der Waals surface area contributed by atoms with Crippen LogP contribution in [-0.4, -0.2) is 31.1 Å². The maximum atomic E-state index is 6.07. The fraction of sp³-hybridized carbons (Fsp3) is 0.600. The molecule has 1 saturated carbocycles. The predicted molar refractivity (Wildman–Crippen MR) is 98.2 cm³/mol. The normalized spacial score (nSPS) is 20.3. The zero-order valence-corrected chi connectivity index (χ0v) is 15.8. The molecule has 2 nitrogen and oxygen atoms in total. The second-order valence-corrected chi connectivity index (χ2v) is 6.94. The quantitative estimate of drug-likeness (QED) is 0.766. The molecule has 0 unspecified atom stereocenters. The van der Waals surface area contributed by atoms with Gasteiger partial charge in [-0.15, -0.1) is 24.8 Å². The summed E-state index contributed by atoms with van der Waals surface area (Å²) in [5.74, 6) is 0.933. The lowest BCUT2D eigenvalue weighted by molar-refractivity contribution is 0.160. The van der Waals surface area contributed by atoms with Crippen molar-refractivity contribution >= 4 is 52.3 Å². The van der Waals surface area contributed by atoms with Crippen molar-refractivity contribution in [1.29, 1.82) is 0 Å². The third-order valence-electron chi connectivity index (χ3n) is 4.17. The van der Waals surface area contributed by atoms with Crippen molar-refractivity contribution in [3.63, 3.8) is 0 Å². The Balaban J connectivity index is 0.00000110. The predicted octanol–water partition coefficient (Wildman–Crippen LogP) is 4.69. The molecule has 120 valence electrons. The van der Waals surface area contributed by atoms with Gasteiger partial charge in [0.1, 0.15) is 0 Å². The molecule has 1 aliphatic heterocycles. The van der Waals surface area contributed by atoms with Gasteiger partial charge in [0.2, 0.25) is 0 Å². The Morgan fingerprint density at radius 3 is 2.48 bits per heavy atom. The number of piperazine rings is 1. The third kappa shape index (κ3) is 5.26. The van der Waals surface area contributed by atoms with Crippen LogP contribution in [0.5, 0.6) is 0 Å². The molecule has 0 bridgehead atoms. The largest absolute Gasteiger partial charge is 0.314 e. The average molecular weight is 417 g/mol. The van der Waals surface area contributed by atoms with Gasteiger partial charge in [0.15, 0.2) is 0 Å². The molecule has 1 aromatic rings. The first-order chi connectivity index (χ1) is 9.24. The summed E-state index contributed by atoms with van der Waals surface area (Å²) in [5, 5.41) is 4.25. The SMILES string of the molecule is Cl.Cl.Clc1ccc([C@@H](CC2CC2)N2CCNCC2)c(Br)c1. The molecule has 2 aliphatic rings. The fourth-order valence-electron chi connectivity index (χ4n) is 2.91. The molecular weight excluding hydrogens is 394 g/mol. The molecule has 1 atom stereocenters. The monoisotopic (exact) mass is 414 g/mol. The van der Waals surface area contributed by atoms with E-state index in [2.05, 4.69) is 32.2 Å². The number of halogens is 4. The Bertz CT molecular complexity index is 449. The number of nitrogens with one attached hydrogen (secondary N) is 1. The van der Waals surface area contributed by atoms with E-state index in [1.165, 1.54) is 24.8 Å². The first-order valence-corrected chi connectivity index (χ1v) is 8.31. The number of nitrogens with zero attached hydrogens (tertiary/aromatic N) is 1. The van der Waals surface area contributed by atoms with Crippen molar-refractivity contribution in [2.45, 2.75) is 25.3 Å². The van der Waals surface area contributed by atoms with Gasteiger partial charge >= 0.3 is 0 Å². The lowest BCUT2D eigenvalue weighted by Crippen LogP contribution is -2.45. The summed E-state index contributed by atoms with van der Waals surface area (Å²) in [7, 11) is 0. The van der Waals surface area contributed by atoms with Gasteiger partial charge in [-0.25, -0.2) is 0 Å². The highest BCUT2D eigenvalue weighted by molar-refractivity contribution is 9.10. The third-order valence-corrected chi connectivity index (χ3v) is 5.09. The Morgan fingerprint density at radius 2 is 1.90 bits per heavy atom. The minimum atomic E-state index is 0. The van der Waals surface area contributed by atoms with Gasteiger partial charge in [0.05, 0.1) is 0 Å². The standard InChI is InChI=1S/C15H20BrClN2.2ClH/c16-14-10-12(17)3-4-13(14)15(9-11-1-2-11)19-7-5-18-6-8-19;;/h3-4,10-11,15,18H,1-2,5-9H2;2*1H/t15-;;/m1../s1. The fourth-order valence-corrected chi connectivity index (χ4v) is 3.85. The molecule has 0 radical (unpaired) electrons. The van der Waals surface area contributed by atoms with Gasteiger partial charge < -0.3 is 5.32 Å². The van der Waals surface area contributed by atoms with Gasteiger partial charge in [-0.3, -0.25) is 4.90 Å². The molecule has 1 heterocycles. The molecule has 1 saturated heterocycles. The summed E-state index contributed by atoms with van der Waals surface area (Å²) in [4.78, 5) is 2.63. The molecule has 21 heavy (non-hydrogen) atoms. The van der Waals surface area contributed by atoms with Crippen LogP contribution in [0.4, 0.5) is 0 Å². The van der Waals surface area contributed by atoms with Crippen LogP contribution in [0.3, 0.4) is 0 Å². The first-order valence-electron chi connectivity index (χ1n) is 7.14. The summed E-state index contributed by atoms with van der Waals surface area (Å²) in [6, 6.07) is 6.78. The molecule has 2 fully saturated rings. The van der Waals surface area contributed by atoms with Crippen molar-refractivity contribution in [1.82, 2.24) is 10.2 Å². The first kappa shape index (κ1) is 19.5. The van der Waals surface area contributed by atoms with Gasteiger partial charge in [-0.2, -0.15) is 0 Å². The second-order valence-electron chi connectivity index (χ2n) is 5.65. The highest BCUT2D eigenvalue weighted by atomic mass is 79.9. The minimum absolute atomic E-state index is 0. The van der Waals surface area contributed by atoms with Gasteiger partial charge in [0, 0.05) is 41.7 Å². The highest BCUT2D eigenvalue weighted by Gasteiger charge is 2.31. The molecule has 1 aliphatic carbocycles. The zero-order valence-electron chi connectivity index (χ0n) is 11.9. The number of hydrogen-bond acceptors (Lipinski definition) is 2. The lowest BCUT2D eigenvalue weighted by Gasteiger charge is -2.36. The molecule has 1 N–H and O–H groups in total. The summed E-state index contributed by atoms with van der Waals surface area (Å²) in [6.07, 6.45) is 4.11. The lowest BCUT2D eigenvalue weighted by atomic mass is 9.98. The maximum Gasteiger partial charge on any atom is 0.0417 e. The topological polar surface area (TPSA) is 15.3 Å². The molecular formula is C15H22BrCl3N2. The van der Waals surface area contributed by atoms with Crippen LogP contribution in [-0.2, 0) is 0 Å². The van der Waals surface area contributed by atoms with Crippen molar-refractivity contribution in [2.75, 3.05) is 26.2 Å². The smallest absolute Gasteiger partial charge is 0.0417 e. The maximum absolute atomic E-state index is 6.07.